The molecule has 0 atom stereocenters. The van der Waals surface area contributed by atoms with E-state index in [1.165, 1.54) is 6.07 Å². The predicted octanol–water partition coefficient (Wildman–Crippen LogP) is 3.69. The van der Waals surface area contributed by atoms with Crippen molar-refractivity contribution in [1.29, 1.82) is 0 Å². The van der Waals surface area contributed by atoms with Crippen LogP contribution in [0.15, 0.2) is 46.9 Å². The van der Waals surface area contributed by atoms with Gasteiger partial charge in [-0.3, -0.25) is 4.79 Å². The van der Waals surface area contributed by atoms with E-state index in [1.807, 2.05) is 24.3 Å². The van der Waals surface area contributed by atoms with E-state index in [2.05, 4.69) is 26.2 Å². The topological polar surface area (TPSA) is 62.2 Å². The van der Waals surface area contributed by atoms with E-state index in [9.17, 15) is 9.90 Å². The van der Waals surface area contributed by atoms with E-state index in [0.29, 0.717) is 6.54 Å². The van der Waals surface area contributed by atoms with Gasteiger partial charge in [-0.2, -0.15) is 0 Å². The maximum Gasteiger partial charge on any atom is 0.255 e. The minimum atomic E-state index is -0.326. The number of carbonyl (C=O) groups excluding carboxylic acids is 1. The molecule has 2 aromatic carbocycles. The Labute approximate surface area is 133 Å². The third kappa shape index (κ3) is 3.06. The van der Waals surface area contributed by atoms with Crippen molar-refractivity contribution in [2.24, 2.45) is 0 Å². The van der Waals surface area contributed by atoms with E-state index in [-0.39, 0.29) is 17.2 Å². The van der Waals surface area contributed by atoms with Crippen LogP contribution < -0.4 is 5.32 Å². The summed E-state index contributed by atoms with van der Waals surface area (Å²) >= 11 is 4.83. The van der Waals surface area contributed by atoms with Gasteiger partial charge in [0.2, 0.25) is 0 Å². The highest BCUT2D eigenvalue weighted by Crippen LogP contribution is 2.23. The Morgan fingerprint density at radius 3 is 2.90 bits per heavy atom. The van der Waals surface area contributed by atoms with Crippen molar-refractivity contribution in [3.8, 4) is 5.75 Å². The van der Waals surface area contributed by atoms with Gasteiger partial charge in [-0.15, -0.1) is 11.3 Å². The molecule has 1 heterocycles. The quantitative estimate of drug-likeness (QED) is 0.746. The van der Waals surface area contributed by atoms with E-state index < -0.39 is 0 Å². The minimum absolute atomic E-state index is 0.0417. The van der Waals surface area contributed by atoms with Gasteiger partial charge in [0.15, 0.2) is 0 Å². The molecule has 3 rings (SSSR count). The molecule has 21 heavy (non-hydrogen) atoms. The van der Waals surface area contributed by atoms with Crippen LogP contribution in [0.1, 0.15) is 15.4 Å². The fourth-order valence-corrected chi connectivity index (χ4v) is 3.20. The van der Waals surface area contributed by atoms with Crippen LogP contribution in [0.5, 0.6) is 5.75 Å². The molecule has 0 spiro atoms. The molecule has 0 unspecified atom stereocenters. The molecule has 0 radical (unpaired) electrons. The molecule has 1 aromatic heterocycles. The summed E-state index contributed by atoms with van der Waals surface area (Å²) in [5.74, 6) is -0.368. The Hall–Kier alpha value is -1.92. The molecule has 0 aliphatic rings. The fourth-order valence-electron chi connectivity index (χ4n) is 1.94. The molecule has 1 amide bonds. The van der Waals surface area contributed by atoms with Crippen molar-refractivity contribution < 1.29 is 9.90 Å². The SMILES string of the molecule is O=C(NCc1nc2ccccc2s1)c1cc(Br)ccc1O. The number of aromatic nitrogens is 1. The molecule has 0 bridgehead atoms. The van der Waals surface area contributed by atoms with Gasteiger partial charge < -0.3 is 10.4 Å². The molecular weight excluding hydrogens is 352 g/mol. The number of phenolic OH excluding ortho intramolecular Hbond substituents is 1. The van der Waals surface area contributed by atoms with Gasteiger partial charge in [0, 0.05) is 4.47 Å². The molecule has 3 aromatic rings. The van der Waals surface area contributed by atoms with Crippen LogP contribution >= 0.6 is 27.3 Å². The maximum atomic E-state index is 12.1. The average Bonchev–Trinajstić information content (AvgIpc) is 2.90. The second kappa shape index (κ2) is 5.83. The lowest BCUT2D eigenvalue weighted by molar-refractivity contribution is 0.0948. The maximum absolute atomic E-state index is 12.1. The monoisotopic (exact) mass is 362 g/mol. The van der Waals surface area contributed by atoms with Crippen LogP contribution in [0.3, 0.4) is 0 Å². The van der Waals surface area contributed by atoms with Crippen LogP contribution in [0.2, 0.25) is 0 Å². The van der Waals surface area contributed by atoms with E-state index in [0.717, 1.165) is 19.7 Å². The highest BCUT2D eigenvalue weighted by Gasteiger charge is 2.12. The summed E-state index contributed by atoms with van der Waals surface area (Å²) in [5.41, 5.74) is 1.17. The molecule has 2 N–H and O–H groups in total. The first-order valence-corrected chi connectivity index (χ1v) is 7.85. The number of phenols is 1. The van der Waals surface area contributed by atoms with E-state index in [1.54, 1.807) is 23.5 Å². The molecule has 0 aliphatic heterocycles. The Kier molecular flexibility index (Phi) is 3.90. The van der Waals surface area contributed by atoms with Gasteiger partial charge in [0.05, 0.1) is 22.3 Å². The first-order valence-electron chi connectivity index (χ1n) is 6.24. The Morgan fingerprint density at radius 2 is 2.10 bits per heavy atom. The van der Waals surface area contributed by atoms with Crippen molar-refractivity contribution in [1.82, 2.24) is 10.3 Å². The van der Waals surface area contributed by atoms with Crippen molar-refractivity contribution in [3.05, 3.63) is 57.5 Å². The van der Waals surface area contributed by atoms with Gasteiger partial charge in [-0.05, 0) is 30.3 Å². The summed E-state index contributed by atoms with van der Waals surface area (Å²) in [6.45, 7) is 0.337. The summed E-state index contributed by atoms with van der Waals surface area (Å²) in [4.78, 5) is 16.5. The fraction of sp³-hybridized carbons (Fsp3) is 0.0667. The van der Waals surface area contributed by atoms with Crippen LogP contribution in [0.4, 0.5) is 0 Å². The zero-order valence-electron chi connectivity index (χ0n) is 10.8. The molecule has 6 heteroatoms. The van der Waals surface area contributed by atoms with E-state index >= 15 is 0 Å². The van der Waals surface area contributed by atoms with Crippen molar-refractivity contribution in [2.75, 3.05) is 0 Å². The second-order valence-electron chi connectivity index (χ2n) is 4.42. The van der Waals surface area contributed by atoms with Crippen LogP contribution in [-0.4, -0.2) is 16.0 Å². The zero-order chi connectivity index (χ0) is 14.8. The number of rotatable bonds is 3. The molecule has 0 aliphatic carbocycles. The highest BCUT2D eigenvalue weighted by atomic mass is 79.9. The lowest BCUT2D eigenvalue weighted by Crippen LogP contribution is -2.22. The number of halogens is 1. The number of amides is 1. The summed E-state index contributed by atoms with van der Waals surface area (Å²) in [5, 5.41) is 13.3. The molecule has 4 nitrogen and oxygen atoms in total. The number of para-hydroxylation sites is 1. The number of hydrogen-bond acceptors (Lipinski definition) is 4. The lowest BCUT2D eigenvalue weighted by Gasteiger charge is -2.05. The number of fused-ring (bicyclic) bond motifs is 1. The molecule has 0 saturated heterocycles. The van der Waals surface area contributed by atoms with Gasteiger partial charge in [0.25, 0.3) is 5.91 Å². The summed E-state index contributed by atoms with van der Waals surface area (Å²) < 4.78 is 1.83. The summed E-state index contributed by atoms with van der Waals surface area (Å²) in [6.07, 6.45) is 0. The number of hydrogen-bond donors (Lipinski definition) is 2. The Bertz CT molecular complexity index is 783. The molecule has 0 fully saturated rings. The third-order valence-electron chi connectivity index (χ3n) is 2.94. The van der Waals surface area contributed by atoms with Gasteiger partial charge >= 0.3 is 0 Å². The molecule has 0 saturated carbocycles. The first-order chi connectivity index (χ1) is 10.1. The average molecular weight is 363 g/mol. The highest BCUT2D eigenvalue weighted by molar-refractivity contribution is 9.10. The number of thiazole rings is 1. The lowest BCUT2D eigenvalue weighted by atomic mass is 10.2. The van der Waals surface area contributed by atoms with Crippen LogP contribution in [0.25, 0.3) is 10.2 Å². The predicted molar refractivity (Wildman–Crippen MR) is 86.6 cm³/mol. The van der Waals surface area contributed by atoms with Crippen molar-refractivity contribution in [2.45, 2.75) is 6.54 Å². The van der Waals surface area contributed by atoms with Crippen LogP contribution in [0, 0.1) is 0 Å². The minimum Gasteiger partial charge on any atom is -0.507 e. The number of carbonyl (C=O) groups is 1. The smallest absolute Gasteiger partial charge is 0.255 e. The first kappa shape index (κ1) is 14.0. The number of nitrogens with one attached hydrogen (secondary N) is 1. The number of nitrogens with zero attached hydrogens (tertiary/aromatic N) is 1. The number of aromatic hydroxyl groups is 1. The normalized spacial score (nSPS) is 10.7. The van der Waals surface area contributed by atoms with Gasteiger partial charge in [0.1, 0.15) is 10.8 Å². The molecular formula is C15H11BrN2O2S. The Morgan fingerprint density at radius 1 is 1.29 bits per heavy atom. The molecule has 106 valence electrons. The largest absolute Gasteiger partial charge is 0.507 e. The second-order valence-corrected chi connectivity index (χ2v) is 6.45. The van der Waals surface area contributed by atoms with Gasteiger partial charge in [-0.25, -0.2) is 4.98 Å². The van der Waals surface area contributed by atoms with E-state index in [4.69, 9.17) is 0 Å². The third-order valence-corrected chi connectivity index (χ3v) is 4.47. The standard InChI is InChI=1S/C15H11BrN2O2S/c16-9-5-6-12(19)10(7-9)15(20)17-8-14-18-11-3-1-2-4-13(11)21-14/h1-7,19H,8H2,(H,17,20). The summed E-state index contributed by atoms with van der Waals surface area (Å²) in [7, 11) is 0. The summed E-state index contributed by atoms with van der Waals surface area (Å²) in [6, 6.07) is 12.6. The van der Waals surface area contributed by atoms with Crippen molar-refractivity contribution in [3.63, 3.8) is 0 Å². The zero-order valence-corrected chi connectivity index (χ0v) is 13.2. The van der Waals surface area contributed by atoms with Crippen LogP contribution in [-0.2, 0) is 6.54 Å². The Balaban J connectivity index is 1.74. The van der Waals surface area contributed by atoms with Gasteiger partial charge in [-0.1, -0.05) is 28.1 Å². The van der Waals surface area contributed by atoms with Crippen molar-refractivity contribution >= 4 is 43.4 Å². The number of benzene rings is 2.